The van der Waals surface area contributed by atoms with E-state index in [2.05, 4.69) is 31.9 Å². The summed E-state index contributed by atoms with van der Waals surface area (Å²) in [4.78, 5) is 0. The van der Waals surface area contributed by atoms with E-state index in [9.17, 15) is 17.6 Å². The van der Waals surface area contributed by atoms with Crippen LogP contribution < -0.4 is 0 Å². The molecule has 7 heteroatoms. The van der Waals surface area contributed by atoms with Gasteiger partial charge in [-0.2, -0.15) is 13.2 Å². The lowest BCUT2D eigenvalue weighted by Crippen LogP contribution is -2.32. The van der Waals surface area contributed by atoms with Crippen LogP contribution in [0.25, 0.3) is 0 Å². The highest BCUT2D eigenvalue weighted by atomic mass is 79.9. The Balaban J connectivity index is 2.89. The van der Waals surface area contributed by atoms with Crippen molar-refractivity contribution in [3.63, 3.8) is 0 Å². The Bertz CT molecular complexity index is 405. The van der Waals surface area contributed by atoms with E-state index in [4.69, 9.17) is 0 Å². The molecule has 0 aliphatic carbocycles. The van der Waals surface area contributed by atoms with Crippen molar-refractivity contribution in [1.82, 2.24) is 0 Å². The fourth-order valence-corrected chi connectivity index (χ4v) is 4.52. The third-order valence-electron chi connectivity index (χ3n) is 2.80. The van der Waals surface area contributed by atoms with Gasteiger partial charge >= 0.3 is 5.51 Å². The average Bonchev–Trinajstić information content (AvgIpc) is 2.35. The standard InChI is InChI=1S/C12H12Br2F4S/c13-7-11(8-14,5-6-19-12(16,17)18)9-3-1-2-4-10(9)15/h1-4H,5-8H2. The van der Waals surface area contributed by atoms with Gasteiger partial charge in [0.2, 0.25) is 0 Å². The second-order valence-electron chi connectivity index (χ2n) is 4.07. The van der Waals surface area contributed by atoms with Gasteiger partial charge in [0.15, 0.2) is 0 Å². The maximum absolute atomic E-state index is 13.8. The van der Waals surface area contributed by atoms with Crippen molar-refractivity contribution < 1.29 is 17.6 Å². The lowest BCUT2D eigenvalue weighted by Gasteiger charge is -2.31. The molecule has 1 rings (SSSR count). The zero-order valence-electron chi connectivity index (χ0n) is 9.81. The van der Waals surface area contributed by atoms with Crippen molar-refractivity contribution >= 4 is 43.6 Å². The molecule has 0 spiro atoms. The van der Waals surface area contributed by atoms with Gasteiger partial charge in [0.1, 0.15) is 5.82 Å². The molecule has 0 bridgehead atoms. The van der Waals surface area contributed by atoms with E-state index in [0.29, 0.717) is 16.2 Å². The number of benzene rings is 1. The summed E-state index contributed by atoms with van der Waals surface area (Å²) in [6.07, 6.45) is 0.231. The normalized spacial score (nSPS) is 12.7. The Morgan fingerprint density at radius 1 is 1.05 bits per heavy atom. The van der Waals surface area contributed by atoms with Crippen LogP contribution in [0.5, 0.6) is 0 Å². The van der Waals surface area contributed by atoms with Crippen molar-refractivity contribution in [2.24, 2.45) is 0 Å². The van der Waals surface area contributed by atoms with Gasteiger partial charge in [-0.25, -0.2) is 4.39 Å². The molecule has 1 aromatic carbocycles. The predicted molar refractivity (Wildman–Crippen MR) is 78.8 cm³/mol. The number of hydrogen-bond acceptors (Lipinski definition) is 1. The van der Waals surface area contributed by atoms with Crippen molar-refractivity contribution in [2.75, 3.05) is 16.4 Å². The summed E-state index contributed by atoms with van der Waals surface area (Å²) in [5.41, 5.74) is -4.49. The van der Waals surface area contributed by atoms with Crippen molar-refractivity contribution in [3.05, 3.63) is 35.6 Å². The monoisotopic (exact) mass is 422 g/mol. The predicted octanol–water partition coefficient (Wildman–Crippen LogP) is 5.50. The zero-order chi connectivity index (χ0) is 14.5. The molecule has 0 aromatic heterocycles. The summed E-state index contributed by atoms with van der Waals surface area (Å²) in [5, 5.41) is 0.787. The number of alkyl halides is 5. The first-order chi connectivity index (χ1) is 8.84. The Labute approximate surface area is 130 Å². The minimum Gasteiger partial charge on any atom is -0.207 e. The molecule has 108 valence electrons. The highest BCUT2D eigenvalue weighted by Crippen LogP contribution is 2.38. The molecule has 1 aromatic rings. The van der Waals surface area contributed by atoms with Crippen LogP contribution in [0.3, 0.4) is 0 Å². The SMILES string of the molecule is Fc1ccccc1C(CBr)(CBr)CCSC(F)(F)F. The molecular weight excluding hydrogens is 412 g/mol. The summed E-state index contributed by atoms with van der Waals surface area (Å²) in [7, 11) is 0. The molecule has 0 unspecified atom stereocenters. The molecule has 0 aliphatic rings. The van der Waals surface area contributed by atoms with Gasteiger partial charge in [-0.05, 0) is 18.1 Å². The number of rotatable bonds is 6. The van der Waals surface area contributed by atoms with Crippen LogP contribution >= 0.6 is 43.6 Å². The second kappa shape index (κ2) is 7.31. The first kappa shape index (κ1) is 17.3. The third kappa shape index (κ3) is 4.93. The van der Waals surface area contributed by atoms with Crippen LogP contribution in [0.1, 0.15) is 12.0 Å². The van der Waals surface area contributed by atoms with Crippen molar-refractivity contribution in [2.45, 2.75) is 17.3 Å². The van der Waals surface area contributed by atoms with E-state index >= 15 is 0 Å². The molecule has 0 saturated heterocycles. The largest absolute Gasteiger partial charge is 0.441 e. The summed E-state index contributed by atoms with van der Waals surface area (Å²) < 4.78 is 50.4. The molecule has 0 heterocycles. The van der Waals surface area contributed by atoms with E-state index < -0.39 is 16.7 Å². The highest BCUT2D eigenvalue weighted by molar-refractivity contribution is 9.09. The fourth-order valence-electron chi connectivity index (χ4n) is 1.70. The molecule has 19 heavy (non-hydrogen) atoms. The second-order valence-corrected chi connectivity index (χ2v) is 6.35. The summed E-state index contributed by atoms with van der Waals surface area (Å²) in [5.74, 6) is -0.493. The topological polar surface area (TPSA) is 0 Å². The quantitative estimate of drug-likeness (QED) is 0.430. The minimum absolute atomic E-state index is 0.0724. The first-order valence-electron chi connectivity index (χ1n) is 5.42. The average molecular weight is 424 g/mol. The summed E-state index contributed by atoms with van der Waals surface area (Å²) in [6.45, 7) is 0. The molecule has 0 saturated carbocycles. The van der Waals surface area contributed by atoms with Gasteiger partial charge in [0, 0.05) is 21.8 Å². The van der Waals surface area contributed by atoms with Crippen LogP contribution in [-0.4, -0.2) is 21.9 Å². The van der Waals surface area contributed by atoms with E-state index in [1.54, 1.807) is 18.2 Å². The highest BCUT2D eigenvalue weighted by Gasteiger charge is 2.35. The zero-order valence-corrected chi connectivity index (χ0v) is 13.8. The Kier molecular flexibility index (Phi) is 6.66. The van der Waals surface area contributed by atoms with Crippen LogP contribution in [-0.2, 0) is 5.41 Å². The minimum atomic E-state index is -4.25. The van der Waals surface area contributed by atoms with Crippen LogP contribution in [0.15, 0.2) is 24.3 Å². The number of hydrogen-bond donors (Lipinski definition) is 0. The van der Waals surface area contributed by atoms with Gasteiger partial charge in [-0.1, -0.05) is 61.8 Å². The Morgan fingerprint density at radius 3 is 2.11 bits per heavy atom. The molecule has 0 atom stereocenters. The maximum atomic E-state index is 13.8. The van der Waals surface area contributed by atoms with Gasteiger partial charge in [0.25, 0.3) is 0 Å². The van der Waals surface area contributed by atoms with E-state index in [1.807, 2.05) is 0 Å². The van der Waals surface area contributed by atoms with Gasteiger partial charge < -0.3 is 0 Å². The molecule has 0 fully saturated rings. The van der Waals surface area contributed by atoms with Crippen LogP contribution in [0.4, 0.5) is 17.6 Å². The Morgan fingerprint density at radius 2 is 1.63 bits per heavy atom. The lowest BCUT2D eigenvalue weighted by atomic mass is 9.82. The van der Waals surface area contributed by atoms with Gasteiger partial charge in [0.05, 0.1) is 0 Å². The van der Waals surface area contributed by atoms with E-state index in [-0.39, 0.29) is 23.9 Å². The maximum Gasteiger partial charge on any atom is 0.441 e. The summed E-state index contributed by atoms with van der Waals surface area (Å²) in [6, 6.07) is 6.20. The van der Waals surface area contributed by atoms with Crippen molar-refractivity contribution in [1.29, 1.82) is 0 Å². The molecule has 0 aliphatic heterocycles. The van der Waals surface area contributed by atoms with Crippen LogP contribution in [0.2, 0.25) is 0 Å². The summed E-state index contributed by atoms with van der Waals surface area (Å²) >= 11 is 6.52. The number of halogens is 6. The molecule has 0 radical (unpaired) electrons. The molecule has 0 N–H and O–H groups in total. The van der Waals surface area contributed by atoms with E-state index in [1.165, 1.54) is 6.07 Å². The molecular formula is C12H12Br2F4S. The van der Waals surface area contributed by atoms with Gasteiger partial charge in [-0.3, -0.25) is 0 Å². The fraction of sp³-hybridized carbons (Fsp3) is 0.500. The molecule has 0 nitrogen and oxygen atoms in total. The molecule has 0 amide bonds. The van der Waals surface area contributed by atoms with Crippen LogP contribution in [0, 0.1) is 5.82 Å². The van der Waals surface area contributed by atoms with Crippen molar-refractivity contribution in [3.8, 4) is 0 Å². The van der Waals surface area contributed by atoms with Gasteiger partial charge in [-0.15, -0.1) is 0 Å². The first-order valence-corrected chi connectivity index (χ1v) is 8.65. The Hall–Kier alpha value is 0.250. The lowest BCUT2D eigenvalue weighted by molar-refractivity contribution is -0.0328. The number of thioether (sulfide) groups is 1. The van der Waals surface area contributed by atoms with E-state index in [0.717, 1.165) is 0 Å². The smallest absolute Gasteiger partial charge is 0.207 e. The third-order valence-corrected chi connectivity index (χ3v) is 5.69.